The highest BCUT2D eigenvalue weighted by atomic mass is 32.2. The smallest absolute Gasteiger partial charge is 0.269 e. The molecule has 0 saturated carbocycles. The Labute approximate surface area is 145 Å². The zero-order valence-corrected chi connectivity index (χ0v) is 14.6. The number of aliphatic hydroxyl groups excluding tert-OH is 1. The number of aryl methyl sites for hydroxylation is 1. The summed E-state index contributed by atoms with van der Waals surface area (Å²) < 4.78 is 26.9. The maximum Gasteiger partial charge on any atom is 0.269 e. The minimum absolute atomic E-state index is 0.0655. The van der Waals surface area contributed by atoms with Crippen molar-refractivity contribution in [1.29, 1.82) is 0 Å². The second-order valence-corrected chi connectivity index (χ2v) is 8.06. The predicted molar refractivity (Wildman–Crippen MR) is 91.2 cm³/mol. The number of sulfonamides is 1. The summed E-state index contributed by atoms with van der Waals surface area (Å²) in [6.45, 7) is 3.61. The molecule has 0 spiro atoms. The Hall–Kier alpha value is -2.29. The van der Waals surface area contributed by atoms with Crippen molar-refractivity contribution in [2.24, 2.45) is 5.92 Å². The van der Waals surface area contributed by atoms with E-state index in [1.165, 1.54) is 36.4 Å². The molecule has 0 unspecified atom stereocenters. The van der Waals surface area contributed by atoms with Gasteiger partial charge in [0.2, 0.25) is 10.0 Å². The molecule has 1 saturated heterocycles. The van der Waals surface area contributed by atoms with Gasteiger partial charge in [0.05, 0.1) is 15.9 Å². The minimum Gasteiger partial charge on any atom is -0.377 e. The normalized spacial score (nSPS) is 23.9. The fourth-order valence-electron chi connectivity index (χ4n) is 3.06. The Morgan fingerprint density at radius 1 is 1.08 bits per heavy atom. The highest BCUT2D eigenvalue weighted by Gasteiger charge is 2.52. The van der Waals surface area contributed by atoms with Crippen LogP contribution in [-0.2, 0) is 10.0 Å². The quantitative estimate of drug-likeness (QED) is 0.665. The first-order valence-electron chi connectivity index (χ1n) is 7.76. The van der Waals surface area contributed by atoms with Gasteiger partial charge in [0, 0.05) is 18.1 Å². The number of nitro groups is 1. The third kappa shape index (κ3) is 2.92. The zero-order chi connectivity index (χ0) is 18.4. The molecule has 1 aliphatic heterocycles. The van der Waals surface area contributed by atoms with Crippen LogP contribution < -0.4 is 0 Å². The number of nitrogens with zero attached hydrogens (tertiary/aromatic N) is 2. The zero-order valence-electron chi connectivity index (χ0n) is 13.7. The number of aliphatic hydroxyl groups is 1. The molecule has 7 nitrogen and oxygen atoms in total. The highest BCUT2D eigenvalue weighted by molar-refractivity contribution is 7.89. The molecule has 0 bridgehead atoms. The Bertz CT molecular complexity index is 894. The standard InChI is InChI=1S/C17H18N2O5S/c1-11-3-9-15(10-4-11)25(23,24)18-16(12(2)17(18)20)13-5-7-14(8-6-13)19(21)22/h3-10,12,16-17,20H,1-2H3/t12-,16+,17+/m1/s1. The van der Waals surface area contributed by atoms with Crippen LogP contribution in [0, 0.1) is 23.0 Å². The molecule has 1 N–H and O–H groups in total. The summed E-state index contributed by atoms with van der Waals surface area (Å²) in [5, 5.41) is 21.0. The van der Waals surface area contributed by atoms with Crippen LogP contribution in [0.1, 0.15) is 24.1 Å². The predicted octanol–water partition coefficient (Wildman–Crippen LogP) is 2.60. The molecule has 1 aliphatic rings. The third-order valence-corrected chi connectivity index (χ3v) is 6.41. The summed E-state index contributed by atoms with van der Waals surface area (Å²) in [4.78, 5) is 10.4. The molecular formula is C17H18N2O5S. The molecule has 2 aromatic rings. The van der Waals surface area contributed by atoms with Gasteiger partial charge < -0.3 is 5.11 Å². The van der Waals surface area contributed by atoms with Crippen LogP contribution in [0.2, 0.25) is 0 Å². The topological polar surface area (TPSA) is 101 Å². The molecule has 0 amide bonds. The van der Waals surface area contributed by atoms with Crippen LogP contribution in [0.15, 0.2) is 53.4 Å². The first-order chi connectivity index (χ1) is 11.7. The van der Waals surface area contributed by atoms with E-state index in [0.29, 0.717) is 5.56 Å². The van der Waals surface area contributed by atoms with Crippen molar-refractivity contribution >= 4 is 15.7 Å². The van der Waals surface area contributed by atoms with E-state index in [4.69, 9.17) is 0 Å². The number of non-ortho nitro benzene ring substituents is 1. The Morgan fingerprint density at radius 3 is 2.16 bits per heavy atom. The van der Waals surface area contributed by atoms with Gasteiger partial charge in [-0.3, -0.25) is 10.1 Å². The Balaban J connectivity index is 1.97. The number of hydrogen-bond donors (Lipinski definition) is 1. The lowest BCUT2D eigenvalue weighted by Gasteiger charge is -2.49. The minimum atomic E-state index is -3.88. The van der Waals surface area contributed by atoms with Gasteiger partial charge in [0.15, 0.2) is 0 Å². The maximum absolute atomic E-state index is 12.9. The Kier molecular flexibility index (Phi) is 4.36. The van der Waals surface area contributed by atoms with E-state index in [1.54, 1.807) is 19.1 Å². The van der Waals surface area contributed by atoms with Gasteiger partial charge in [0.1, 0.15) is 6.23 Å². The van der Waals surface area contributed by atoms with Gasteiger partial charge in [-0.1, -0.05) is 36.8 Å². The van der Waals surface area contributed by atoms with Gasteiger partial charge in [-0.15, -0.1) is 0 Å². The molecule has 132 valence electrons. The van der Waals surface area contributed by atoms with Gasteiger partial charge in [0.25, 0.3) is 5.69 Å². The fourth-order valence-corrected chi connectivity index (χ4v) is 4.87. The van der Waals surface area contributed by atoms with Gasteiger partial charge >= 0.3 is 0 Å². The summed E-state index contributed by atoms with van der Waals surface area (Å²) in [6.07, 6.45) is -1.13. The molecule has 1 heterocycles. The van der Waals surface area contributed by atoms with Crippen LogP contribution >= 0.6 is 0 Å². The summed E-state index contributed by atoms with van der Waals surface area (Å²) in [7, 11) is -3.88. The molecule has 0 radical (unpaired) electrons. The van der Waals surface area contributed by atoms with E-state index < -0.39 is 27.2 Å². The van der Waals surface area contributed by atoms with Crippen molar-refractivity contribution < 1.29 is 18.4 Å². The molecule has 1 fully saturated rings. The van der Waals surface area contributed by atoms with E-state index in [9.17, 15) is 23.6 Å². The van der Waals surface area contributed by atoms with Crippen LogP contribution in [0.4, 0.5) is 5.69 Å². The average Bonchev–Trinajstić information content (AvgIpc) is 2.59. The summed E-state index contributed by atoms with van der Waals surface area (Å²) in [5.41, 5.74) is 1.48. The molecule has 0 aromatic heterocycles. The van der Waals surface area contributed by atoms with Crippen LogP contribution in [0.25, 0.3) is 0 Å². The maximum atomic E-state index is 12.9. The first-order valence-corrected chi connectivity index (χ1v) is 9.20. The molecule has 3 rings (SSSR count). The number of nitro benzene ring substituents is 1. The summed E-state index contributed by atoms with van der Waals surface area (Å²) >= 11 is 0. The first kappa shape index (κ1) is 17.5. The molecule has 0 aliphatic carbocycles. The highest BCUT2D eigenvalue weighted by Crippen LogP contribution is 2.46. The van der Waals surface area contributed by atoms with Crippen molar-refractivity contribution in [3.63, 3.8) is 0 Å². The van der Waals surface area contributed by atoms with E-state index in [1.807, 2.05) is 6.92 Å². The van der Waals surface area contributed by atoms with E-state index in [2.05, 4.69) is 0 Å². The molecule has 3 atom stereocenters. The van der Waals surface area contributed by atoms with Gasteiger partial charge in [-0.2, -0.15) is 4.31 Å². The second-order valence-electron chi connectivity index (χ2n) is 6.21. The summed E-state index contributed by atoms with van der Waals surface area (Å²) in [5.74, 6) is -0.318. The largest absolute Gasteiger partial charge is 0.377 e. The Morgan fingerprint density at radius 2 is 1.64 bits per heavy atom. The second kappa shape index (κ2) is 6.21. The number of hydrogen-bond acceptors (Lipinski definition) is 5. The van der Waals surface area contributed by atoms with Gasteiger partial charge in [-0.05, 0) is 24.6 Å². The SMILES string of the molecule is Cc1ccc(S(=O)(=O)N2[C@H](c3ccc([N+](=O)[O-])cc3)[C@@H](C)[C@@H]2O)cc1. The fraction of sp³-hybridized carbons (Fsp3) is 0.294. The molecular weight excluding hydrogens is 344 g/mol. The molecule has 25 heavy (non-hydrogen) atoms. The molecule has 2 aromatic carbocycles. The van der Waals surface area contributed by atoms with Crippen molar-refractivity contribution in [1.82, 2.24) is 4.31 Å². The van der Waals surface area contributed by atoms with E-state index in [-0.39, 0.29) is 16.5 Å². The average molecular weight is 362 g/mol. The van der Waals surface area contributed by atoms with Crippen molar-refractivity contribution in [3.8, 4) is 0 Å². The van der Waals surface area contributed by atoms with Crippen molar-refractivity contribution in [2.45, 2.75) is 31.0 Å². The lowest BCUT2D eigenvalue weighted by atomic mass is 9.85. The number of benzene rings is 2. The van der Waals surface area contributed by atoms with E-state index in [0.717, 1.165) is 9.87 Å². The van der Waals surface area contributed by atoms with Crippen LogP contribution in [-0.4, -0.2) is 29.0 Å². The van der Waals surface area contributed by atoms with E-state index >= 15 is 0 Å². The van der Waals surface area contributed by atoms with Crippen molar-refractivity contribution in [3.05, 3.63) is 69.8 Å². The monoisotopic (exact) mass is 362 g/mol. The molecule has 8 heteroatoms. The third-order valence-electron chi connectivity index (χ3n) is 4.55. The number of rotatable bonds is 4. The lowest BCUT2D eigenvalue weighted by molar-refractivity contribution is -0.384. The summed E-state index contributed by atoms with van der Waals surface area (Å²) in [6, 6.07) is 11.6. The van der Waals surface area contributed by atoms with Crippen molar-refractivity contribution in [2.75, 3.05) is 0 Å². The van der Waals surface area contributed by atoms with Crippen LogP contribution in [0.5, 0.6) is 0 Å². The van der Waals surface area contributed by atoms with Crippen LogP contribution in [0.3, 0.4) is 0 Å². The van der Waals surface area contributed by atoms with Gasteiger partial charge in [-0.25, -0.2) is 8.42 Å². The lowest BCUT2D eigenvalue weighted by Crippen LogP contribution is -2.59.